The lowest BCUT2D eigenvalue weighted by molar-refractivity contribution is -0.138. The Labute approximate surface area is 285 Å². The van der Waals surface area contributed by atoms with E-state index < -0.39 is 51.1 Å². The van der Waals surface area contributed by atoms with Crippen molar-refractivity contribution in [3.63, 3.8) is 0 Å². The summed E-state index contributed by atoms with van der Waals surface area (Å²) in [5, 5.41) is 10.2. The highest BCUT2D eigenvalue weighted by molar-refractivity contribution is 6.53. The first-order valence-electron chi connectivity index (χ1n) is 15.6. The Morgan fingerprint density at radius 3 is 2.33 bits per heavy atom. The number of likely N-dealkylation sites (tertiary alicyclic amines) is 1. The fraction of sp³-hybridized carbons (Fsp3) is 0.270. The minimum Gasteiger partial charge on any atom is -0.508 e. The van der Waals surface area contributed by atoms with Gasteiger partial charge in [0.05, 0.1) is 23.8 Å². The van der Waals surface area contributed by atoms with Crippen LogP contribution in [0.5, 0.6) is 11.5 Å². The number of nitrogens with zero attached hydrogens (tertiary/aromatic N) is 2. The van der Waals surface area contributed by atoms with E-state index in [-0.39, 0.29) is 36.7 Å². The van der Waals surface area contributed by atoms with Crippen LogP contribution >= 0.6 is 23.2 Å². The average molecular weight is 684 g/mol. The molecule has 0 radical (unpaired) electrons. The lowest BCUT2D eigenvalue weighted by Crippen LogP contribution is -2.61. The summed E-state index contributed by atoms with van der Waals surface area (Å²) in [6, 6.07) is 19.8. The highest BCUT2D eigenvalue weighted by Crippen LogP contribution is 2.64. The van der Waals surface area contributed by atoms with Gasteiger partial charge in [-0.15, -0.1) is 23.2 Å². The number of aromatic hydroxyl groups is 1. The molecule has 2 aliphatic carbocycles. The van der Waals surface area contributed by atoms with Crippen LogP contribution in [0.25, 0.3) is 0 Å². The number of halogens is 2. The molecule has 2 saturated heterocycles. The number of carbonyl (C=O) groups is 5. The van der Waals surface area contributed by atoms with Crippen molar-refractivity contribution in [1.82, 2.24) is 4.90 Å². The number of alkyl halides is 2. The number of allylic oxidation sites excluding steroid dienone is 3. The summed E-state index contributed by atoms with van der Waals surface area (Å²) in [5.74, 6) is -4.99. The molecule has 48 heavy (non-hydrogen) atoms. The number of ketones is 1. The molecular weight excluding hydrogens is 655 g/mol. The first kappa shape index (κ1) is 30.6. The molecule has 3 aromatic carbocycles. The molecule has 9 nitrogen and oxygen atoms in total. The second-order valence-corrected chi connectivity index (χ2v) is 14.3. The minimum atomic E-state index is -1.93. The molecule has 3 fully saturated rings. The Balaban J connectivity index is 1.17. The van der Waals surface area contributed by atoms with Gasteiger partial charge in [0.15, 0.2) is 15.5 Å². The van der Waals surface area contributed by atoms with Gasteiger partial charge in [0.2, 0.25) is 11.8 Å². The fourth-order valence-electron chi connectivity index (χ4n) is 8.33. The van der Waals surface area contributed by atoms with Crippen molar-refractivity contribution in [1.29, 1.82) is 0 Å². The summed E-state index contributed by atoms with van der Waals surface area (Å²) in [5.41, 5.74) is 3.13. The zero-order valence-corrected chi connectivity index (χ0v) is 27.1. The summed E-state index contributed by atoms with van der Waals surface area (Å²) >= 11 is 14.5. The summed E-state index contributed by atoms with van der Waals surface area (Å²) in [6.45, 7) is 0. The van der Waals surface area contributed by atoms with E-state index in [4.69, 9.17) is 27.9 Å². The lowest BCUT2D eigenvalue weighted by atomic mass is 9.56. The van der Waals surface area contributed by atoms with Gasteiger partial charge in [0, 0.05) is 36.1 Å². The van der Waals surface area contributed by atoms with Crippen molar-refractivity contribution in [3.05, 3.63) is 113 Å². The number of imide groups is 2. The first-order chi connectivity index (χ1) is 23.0. The van der Waals surface area contributed by atoms with Gasteiger partial charge in [-0.3, -0.25) is 33.8 Å². The largest absolute Gasteiger partial charge is 0.508 e. The van der Waals surface area contributed by atoms with E-state index >= 15 is 0 Å². The van der Waals surface area contributed by atoms with E-state index in [1.165, 1.54) is 19.4 Å². The third-order valence-electron chi connectivity index (χ3n) is 10.6. The fourth-order valence-corrected chi connectivity index (χ4v) is 9.36. The Morgan fingerprint density at radius 2 is 1.60 bits per heavy atom. The van der Waals surface area contributed by atoms with Gasteiger partial charge >= 0.3 is 0 Å². The van der Waals surface area contributed by atoms with Crippen molar-refractivity contribution in [3.8, 4) is 11.5 Å². The summed E-state index contributed by atoms with van der Waals surface area (Å²) < 4.78 is 5.93. The molecule has 8 rings (SSSR count). The van der Waals surface area contributed by atoms with Gasteiger partial charge in [-0.1, -0.05) is 42.0 Å². The third-order valence-corrected chi connectivity index (χ3v) is 12.0. The molecule has 3 aromatic rings. The predicted octanol–water partition coefficient (Wildman–Crippen LogP) is 5.17. The van der Waals surface area contributed by atoms with E-state index in [0.29, 0.717) is 39.3 Å². The van der Waals surface area contributed by atoms with E-state index in [0.717, 1.165) is 9.80 Å². The molecule has 0 bridgehead atoms. The standard InChI is InChI=1S/C37H28Cl2N2O7/c1-40-34(46)36(38)17-27-25(30(37(36,39)35(40)47)22-15-21-16-24(42)11-14-28(21)48-18-22)12-13-26-29(27)33(45)41(32(26)44)23-9-7-20(8-10-23)31(43)19-5-3-2-4-6-19/h2-12,14,16,18,26-27,29-30,42H,13,15,17H2,1H3. The van der Waals surface area contributed by atoms with E-state index in [1.54, 1.807) is 60.7 Å². The highest BCUT2D eigenvalue weighted by atomic mass is 35.5. The van der Waals surface area contributed by atoms with Crippen LogP contribution < -0.4 is 9.64 Å². The molecule has 1 saturated carbocycles. The maximum absolute atomic E-state index is 14.3. The molecule has 242 valence electrons. The first-order valence-corrected chi connectivity index (χ1v) is 16.4. The summed E-state index contributed by atoms with van der Waals surface area (Å²) in [4.78, 5) is 67.1. The van der Waals surface area contributed by atoms with Crippen LogP contribution in [0.15, 0.2) is 96.3 Å². The van der Waals surface area contributed by atoms with E-state index in [2.05, 4.69) is 0 Å². The number of anilines is 1. The Hall–Kier alpha value is -4.73. The molecule has 3 heterocycles. The van der Waals surface area contributed by atoms with Gasteiger partial charge < -0.3 is 9.84 Å². The molecule has 6 unspecified atom stereocenters. The van der Waals surface area contributed by atoms with Crippen LogP contribution in [0.2, 0.25) is 0 Å². The van der Waals surface area contributed by atoms with Crippen LogP contribution in [-0.4, -0.2) is 56.2 Å². The number of carbonyl (C=O) groups excluding carboxylic acids is 5. The number of hydrogen-bond acceptors (Lipinski definition) is 7. The van der Waals surface area contributed by atoms with Gasteiger partial charge in [0.25, 0.3) is 11.8 Å². The Bertz CT molecular complexity index is 2030. The van der Waals surface area contributed by atoms with Crippen LogP contribution in [0.4, 0.5) is 5.69 Å². The van der Waals surface area contributed by atoms with Gasteiger partial charge in [0.1, 0.15) is 11.5 Å². The molecule has 0 spiro atoms. The zero-order valence-electron chi connectivity index (χ0n) is 25.6. The van der Waals surface area contributed by atoms with Crippen LogP contribution in [-0.2, 0) is 25.6 Å². The maximum atomic E-state index is 14.3. The van der Waals surface area contributed by atoms with Crippen molar-refractivity contribution >= 4 is 58.3 Å². The Morgan fingerprint density at radius 1 is 0.896 bits per heavy atom. The minimum absolute atomic E-state index is 0.0339. The van der Waals surface area contributed by atoms with E-state index in [1.807, 2.05) is 12.1 Å². The maximum Gasteiger partial charge on any atom is 0.253 e. The van der Waals surface area contributed by atoms with Crippen molar-refractivity contribution in [2.75, 3.05) is 11.9 Å². The molecule has 3 aliphatic heterocycles. The van der Waals surface area contributed by atoms with Gasteiger partial charge in [-0.2, -0.15) is 0 Å². The van der Waals surface area contributed by atoms with Crippen molar-refractivity contribution in [2.24, 2.45) is 23.7 Å². The zero-order chi connectivity index (χ0) is 33.7. The number of ether oxygens (including phenoxy) is 1. The number of phenolic OH excluding ortho intramolecular Hbond substituents is 1. The SMILES string of the molecule is CN1C(=O)C2(Cl)CC3C(=CCC4C(=O)N(c5ccc(C(=O)c6ccccc6)cc5)C(=O)C43)C(C3=COc4ccc(O)cc4C3)C2(Cl)C1=O. The van der Waals surface area contributed by atoms with Crippen molar-refractivity contribution < 1.29 is 33.8 Å². The molecule has 11 heteroatoms. The number of amides is 4. The number of phenols is 1. The second-order valence-electron chi connectivity index (χ2n) is 13.0. The van der Waals surface area contributed by atoms with Crippen LogP contribution in [0.3, 0.4) is 0 Å². The predicted molar refractivity (Wildman–Crippen MR) is 176 cm³/mol. The highest BCUT2D eigenvalue weighted by Gasteiger charge is 2.76. The summed E-state index contributed by atoms with van der Waals surface area (Å²) in [6.07, 6.45) is 3.70. The molecule has 5 aliphatic rings. The van der Waals surface area contributed by atoms with Crippen LogP contribution in [0, 0.1) is 23.7 Å². The third kappa shape index (κ3) is 4.07. The molecule has 6 atom stereocenters. The Kier molecular flexibility index (Phi) is 6.78. The quantitative estimate of drug-likeness (QED) is 0.175. The normalized spacial score (nSPS) is 30.6. The summed E-state index contributed by atoms with van der Waals surface area (Å²) in [7, 11) is 1.34. The second kappa shape index (κ2) is 10.6. The monoisotopic (exact) mass is 682 g/mol. The lowest BCUT2D eigenvalue weighted by Gasteiger charge is -2.51. The van der Waals surface area contributed by atoms with Gasteiger partial charge in [-0.25, -0.2) is 0 Å². The smallest absolute Gasteiger partial charge is 0.253 e. The number of hydrogen-bond donors (Lipinski definition) is 1. The molecule has 0 aromatic heterocycles. The topological polar surface area (TPSA) is 121 Å². The number of fused-ring (bicyclic) bond motifs is 5. The number of benzene rings is 3. The molecule has 4 amide bonds. The van der Waals surface area contributed by atoms with E-state index in [9.17, 15) is 29.1 Å². The van der Waals surface area contributed by atoms with Gasteiger partial charge in [-0.05, 0) is 66.8 Å². The molecule has 1 N–H and O–H groups in total. The molecular formula is C37H28Cl2N2O7. The van der Waals surface area contributed by atoms with Crippen LogP contribution in [0.1, 0.15) is 34.3 Å². The number of rotatable bonds is 4. The average Bonchev–Trinajstić information content (AvgIpc) is 3.42. The van der Waals surface area contributed by atoms with Crippen molar-refractivity contribution in [2.45, 2.75) is 29.0 Å².